The molecule has 0 heterocycles. The summed E-state index contributed by atoms with van der Waals surface area (Å²) in [5.74, 6) is -0.383. The number of methoxy groups -OCH3 is 1. The molecule has 0 aliphatic heterocycles. The normalized spacial score (nSPS) is 10.5. The van der Waals surface area contributed by atoms with E-state index in [2.05, 4.69) is 15.0 Å². The minimum Gasteiger partial charge on any atom is -0.465 e. The van der Waals surface area contributed by atoms with Crippen LogP contribution in [0.1, 0.15) is 10.4 Å². The largest absolute Gasteiger partial charge is 0.465 e. The van der Waals surface area contributed by atoms with Crippen LogP contribution < -0.4 is 0 Å². The maximum atomic E-state index is 11.3. The maximum Gasteiger partial charge on any atom is 0.337 e. The van der Waals surface area contributed by atoms with Crippen molar-refractivity contribution in [1.29, 1.82) is 0 Å². The molecule has 18 heavy (non-hydrogen) atoms. The van der Waals surface area contributed by atoms with Gasteiger partial charge in [-0.15, -0.1) is 0 Å². The van der Waals surface area contributed by atoms with E-state index in [9.17, 15) is 4.79 Å². The fraction of sp³-hybridized carbons (Fsp3) is 0.0714. The van der Waals surface area contributed by atoms with Gasteiger partial charge in [0.2, 0.25) is 0 Å². The van der Waals surface area contributed by atoms with E-state index in [0.717, 1.165) is 5.69 Å². The smallest absolute Gasteiger partial charge is 0.337 e. The van der Waals surface area contributed by atoms with Crippen LogP contribution in [0.2, 0.25) is 0 Å². The molecule has 0 aliphatic rings. The molecule has 4 nitrogen and oxygen atoms in total. The molecule has 0 saturated carbocycles. The number of carbonyl (C=O) groups excluding carboxylic acids is 1. The van der Waals surface area contributed by atoms with Crippen molar-refractivity contribution in [2.24, 2.45) is 10.2 Å². The third-order valence-electron chi connectivity index (χ3n) is 2.30. The first-order chi connectivity index (χ1) is 8.79. The molecule has 90 valence electrons. The van der Waals surface area contributed by atoms with Gasteiger partial charge in [0.25, 0.3) is 0 Å². The van der Waals surface area contributed by atoms with E-state index in [1.54, 1.807) is 24.3 Å². The van der Waals surface area contributed by atoms with Crippen LogP contribution in [0.4, 0.5) is 11.4 Å². The molecule has 2 rings (SSSR count). The molecule has 0 N–H and O–H groups in total. The number of esters is 1. The summed E-state index contributed by atoms with van der Waals surface area (Å²) < 4.78 is 4.64. The van der Waals surface area contributed by atoms with E-state index in [-0.39, 0.29) is 5.97 Å². The quantitative estimate of drug-likeness (QED) is 0.603. The van der Waals surface area contributed by atoms with Crippen molar-refractivity contribution in [3.63, 3.8) is 0 Å². The monoisotopic (exact) mass is 240 g/mol. The standard InChI is InChI=1S/C14H12N2O2/c1-18-14(17)11-6-5-9-13(10-11)16-15-12-7-3-2-4-8-12/h2-10H,1H3. The van der Waals surface area contributed by atoms with Gasteiger partial charge in [-0.3, -0.25) is 0 Å². The van der Waals surface area contributed by atoms with Crippen LogP contribution >= 0.6 is 0 Å². The van der Waals surface area contributed by atoms with Gasteiger partial charge < -0.3 is 4.74 Å². The van der Waals surface area contributed by atoms with Crippen molar-refractivity contribution in [1.82, 2.24) is 0 Å². The molecular formula is C14H12N2O2. The Labute approximate surface area is 105 Å². The molecule has 0 spiro atoms. The molecule has 2 aromatic carbocycles. The zero-order valence-corrected chi connectivity index (χ0v) is 9.91. The molecule has 0 aliphatic carbocycles. The fourth-order valence-electron chi connectivity index (χ4n) is 1.42. The van der Waals surface area contributed by atoms with E-state index in [1.807, 2.05) is 30.3 Å². The molecule has 0 unspecified atom stereocenters. The second kappa shape index (κ2) is 5.72. The average Bonchev–Trinajstić information content (AvgIpc) is 2.45. The molecule has 4 heteroatoms. The third-order valence-corrected chi connectivity index (χ3v) is 2.30. The Morgan fingerprint density at radius 1 is 0.944 bits per heavy atom. The molecule has 2 aromatic rings. The molecule has 0 aromatic heterocycles. The van der Waals surface area contributed by atoms with Crippen molar-refractivity contribution >= 4 is 17.3 Å². The van der Waals surface area contributed by atoms with Crippen molar-refractivity contribution in [2.75, 3.05) is 7.11 Å². The predicted octanol–water partition coefficient (Wildman–Crippen LogP) is 3.89. The van der Waals surface area contributed by atoms with Crippen molar-refractivity contribution < 1.29 is 9.53 Å². The van der Waals surface area contributed by atoms with Crippen LogP contribution in [0.25, 0.3) is 0 Å². The van der Waals surface area contributed by atoms with Crippen LogP contribution in [0.15, 0.2) is 64.8 Å². The average molecular weight is 240 g/mol. The number of carbonyl (C=O) groups is 1. The Bertz CT molecular complexity index is 565. The van der Waals surface area contributed by atoms with Gasteiger partial charge in [-0.05, 0) is 30.3 Å². The molecule has 0 fully saturated rings. The Hall–Kier alpha value is -2.49. The highest BCUT2D eigenvalue weighted by atomic mass is 16.5. The number of azo groups is 1. The van der Waals surface area contributed by atoms with Crippen molar-refractivity contribution in [3.8, 4) is 0 Å². The Morgan fingerprint density at radius 2 is 1.61 bits per heavy atom. The number of nitrogens with zero attached hydrogens (tertiary/aromatic N) is 2. The second-order valence-corrected chi connectivity index (χ2v) is 3.58. The summed E-state index contributed by atoms with van der Waals surface area (Å²) in [6, 6.07) is 16.2. The lowest BCUT2D eigenvalue weighted by atomic mass is 10.2. The van der Waals surface area contributed by atoms with Gasteiger partial charge in [0.05, 0.1) is 24.0 Å². The summed E-state index contributed by atoms with van der Waals surface area (Å²) >= 11 is 0. The molecule has 0 bridgehead atoms. The highest BCUT2D eigenvalue weighted by Gasteiger charge is 2.04. The zero-order chi connectivity index (χ0) is 12.8. The number of hydrogen-bond donors (Lipinski definition) is 0. The molecule has 0 saturated heterocycles. The van der Waals surface area contributed by atoms with E-state index in [1.165, 1.54) is 7.11 Å². The topological polar surface area (TPSA) is 51.0 Å². The Balaban J connectivity index is 2.20. The molecular weight excluding hydrogens is 228 g/mol. The summed E-state index contributed by atoms with van der Waals surface area (Å²) in [5, 5.41) is 8.15. The summed E-state index contributed by atoms with van der Waals surface area (Å²) in [4.78, 5) is 11.3. The highest BCUT2D eigenvalue weighted by molar-refractivity contribution is 5.90. The van der Waals surface area contributed by atoms with E-state index in [0.29, 0.717) is 11.3 Å². The molecule has 0 amide bonds. The Kier molecular flexibility index (Phi) is 3.81. The van der Waals surface area contributed by atoms with Crippen LogP contribution in [-0.4, -0.2) is 13.1 Å². The number of benzene rings is 2. The van der Waals surface area contributed by atoms with Crippen molar-refractivity contribution in [3.05, 3.63) is 60.2 Å². The molecule has 0 radical (unpaired) electrons. The predicted molar refractivity (Wildman–Crippen MR) is 68.4 cm³/mol. The van der Waals surface area contributed by atoms with Crippen LogP contribution in [0.3, 0.4) is 0 Å². The second-order valence-electron chi connectivity index (χ2n) is 3.58. The zero-order valence-electron chi connectivity index (χ0n) is 9.91. The first-order valence-corrected chi connectivity index (χ1v) is 5.45. The van der Waals surface area contributed by atoms with E-state index < -0.39 is 0 Å². The summed E-state index contributed by atoms with van der Waals surface area (Å²) in [5.41, 5.74) is 1.84. The van der Waals surface area contributed by atoms with Gasteiger partial charge in [0.1, 0.15) is 0 Å². The van der Waals surface area contributed by atoms with Crippen molar-refractivity contribution in [2.45, 2.75) is 0 Å². The summed E-state index contributed by atoms with van der Waals surface area (Å²) in [6.07, 6.45) is 0. The highest BCUT2D eigenvalue weighted by Crippen LogP contribution is 2.19. The van der Waals surface area contributed by atoms with Crippen LogP contribution in [0, 0.1) is 0 Å². The van der Waals surface area contributed by atoms with Gasteiger partial charge >= 0.3 is 5.97 Å². The van der Waals surface area contributed by atoms with Gasteiger partial charge in [-0.25, -0.2) is 4.79 Å². The fourth-order valence-corrected chi connectivity index (χ4v) is 1.42. The summed E-state index contributed by atoms with van der Waals surface area (Å²) in [7, 11) is 1.35. The third kappa shape index (κ3) is 3.01. The van der Waals surface area contributed by atoms with Crippen LogP contribution in [-0.2, 0) is 4.74 Å². The minimum atomic E-state index is -0.383. The van der Waals surface area contributed by atoms with E-state index in [4.69, 9.17) is 0 Å². The van der Waals surface area contributed by atoms with Crippen LogP contribution in [0.5, 0.6) is 0 Å². The van der Waals surface area contributed by atoms with E-state index >= 15 is 0 Å². The minimum absolute atomic E-state index is 0.383. The molecule has 0 atom stereocenters. The lowest BCUT2D eigenvalue weighted by molar-refractivity contribution is 0.0601. The lowest BCUT2D eigenvalue weighted by Gasteiger charge is -1.99. The van der Waals surface area contributed by atoms with Gasteiger partial charge in [0, 0.05) is 0 Å². The first kappa shape index (κ1) is 12.0. The lowest BCUT2D eigenvalue weighted by Crippen LogP contribution is -1.99. The number of rotatable bonds is 3. The summed E-state index contributed by atoms with van der Waals surface area (Å²) in [6.45, 7) is 0. The SMILES string of the molecule is COC(=O)c1cccc(N=Nc2ccccc2)c1. The first-order valence-electron chi connectivity index (χ1n) is 5.45. The maximum absolute atomic E-state index is 11.3. The van der Waals surface area contributed by atoms with Gasteiger partial charge in [0.15, 0.2) is 0 Å². The Morgan fingerprint density at radius 3 is 2.33 bits per heavy atom. The van der Waals surface area contributed by atoms with Gasteiger partial charge in [-0.2, -0.15) is 10.2 Å². The number of ether oxygens (including phenoxy) is 1. The number of hydrogen-bond acceptors (Lipinski definition) is 4. The van der Waals surface area contributed by atoms with Gasteiger partial charge in [-0.1, -0.05) is 24.3 Å².